The van der Waals surface area contributed by atoms with E-state index in [1.54, 1.807) is 6.92 Å². The van der Waals surface area contributed by atoms with Gasteiger partial charge in [0.15, 0.2) is 5.75 Å². The molecular formula is C14H15N3O6. The lowest BCUT2D eigenvalue weighted by Crippen LogP contribution is -2.46. The lowest BCUT2D eigenvalue weighted by Gasteiger charge is -2.33. The number of ether oxygens (including phenoxy) is 1. The van der Waals surface area contributed by atoms with E-state index in [9.17, 15) is 24.8 Å². The summed E-state index contributed by atoms with van der Waals surface area (Å²) in [5.74, 6) is -1.16. The Hall–Kier alpha value is -3.10. The van der Waals surface area contributed by atoms with Crippen molar-refractivity contribution >= 4 is 17.7 Å². The van der Waals surface area contributed by atoms with Crippen molar-refractivity contribution in [2.24, 2.45) is 0 Å². The Labute approximate surface area is 131 Å². The summed E-state index contributed by atoms with van der Waals surface area (Å²) < 4.78 is 4.74. The SMILES string of the molecule is COC(=O)C1=C(C)N(C)C(=O)NC1c1ccc(O)c([N+](=O)[O-])c1. The van der Waals surface area contributed by atoms with E-state index in [2.05, 4.69) is 5.32 Å². The number of amides is 2. The number of hydrogen-bond donors (Lipinski definition) is 2. The molecule has 0 saturated heterocycles. The van der Waals surface area contributed by atoms with E-state index in [0.29, 0.717) is 5.70 Å². The summed E-state index contributed by atoms with van der Waals surface area (Å²) in [6.07, 6.45) is 0. The smallest absolute Gasteiger partial charge is 0.337 e. The van der Waals surface area contributed by atoms with Crippen LogP contribution in [0.5, 0.6) is 5.75 Å². The minimum atomic E-state index is -0.912. The van der Waals surface area contributed by atoms with Crippen molar-refractivity contribution in [2.45, 2.75) is 13.0 Å². The topological polar surface area (TPSA) is 122 Å². The van der Waals surface area contributed by atoms with Gasteiger partial charge in [0, 0.05) is 18.8 Å². The van der Waals surface area contributed by atoms with E-state index in [1.807, 2.05) is 0 Å². The monoisotopic (exact) mass is 321 g/mol. The fourth-order valence-electron chi connectivity index (χ4n) is 2.33. The number of urea groups is 1. The fourth-order valence-corrected chi connectivity index (χ4v) is 2.33. The van der Waals surface area contributed by atoms with Crippen LogP contribution in [-0.4, -0.2) is 41.1 Å². The van der Waals surface area contributed by atoms with Gasteiger partial charge in [-0.25, -0.2) is 9.59 Å². The Balaban J connectivity index is 2.60. The molecular weight excluding hydrogens is 306 g/mol. The fraction of sp³-hybridized carbons (Fsp3) is 0.286. The number of aromatic hydroxyl groups is 1. The van der Waals surface area contributed by atoms with Crippen LogP contribution in [0.4, 0.5) is 10.5 Å². The molecule has 9 nitrogen and oxygen atoms in total. The lowest BCUT2D eigenvalue weighted by atomic mass is 9.94. The number of methoxy groups -OCH3 is 1. The number of nitrogens with one attached hydrogen (secondary N) is 1. The van der Waals surface area contributed by atoms with Gasteiger partial charge in [0.1, 0.15) is 0 Å². The minimum Gasteiger partial charge on any atom is -0.502 e. The molecule has 1 aliphatic rings. The predicted octanol–water partition coefficient (Wildman–Crippen LogP) is 1.44. The van der Waals surface area contributed by atoms with Crippen molar-refractivity contribution in [2.75, 3.05) is 14.2 Å². The molecule has 2 N–H and O–H groups in total. The summed E-state index contributed by atoms with van der Waals surface area (Å²) in [5, 5.41) is 23.1. The minimum absolute atomic E-state index is 0.162. The van der Waals surface area contributed by atoms with E-state index in [0.717, 1.165) is 12.1 Å². The highest BCUT2D eigenvalue weighted by molar-refractivity contribution is 5.94. The molecule has 1 unspecified atom stereocenters. The summed E-state index contributed by atoms with van der Waals surface area (Å²) in [6, 6.07) is 2.28. The Kier molecular flexibility index (Phi) is 4.21. The van der Waals surface area contributed by atoms with Gasteiger partial charge in [-0.05, 0) is 18.6 Å². The normalized spacial score (nSPS) is 17.8. The molecule has 0 fully saturated rings. The molecule has 1 aromatic carbocycles. The average Bonchev–Trinajstić information content (AvgIpc) is 2.51. The third-order valence-corrected chi connectivity index (χ3v) is 3.69. The molecule has 23 heavy (non-hydrogen) atoms. The molecule has 0 bridgehead atoms. The molecule has 1 aliphatic heterocycles. The maximum atomic E-state index is 12.1. The van der Waals surface area contributed by atoms with Crippen LogP contribution in [0.1, 0.15) is 18.5 Å². The summed E-state index contributed by atoms with van der Waals surface area (Å²) in [4.78, 5) is 35.5. The zero-order chi connectivity index (χ0) is 17.3. The Bertz CT molecular complexity index is 727. The number of phenols is 1. The van der Waals surface area contributed by atoms with Gasteiger partial charge in [-0.2, -0.15) is 0 Å². The number of phenolic OH excluding ortho intramolecular Hbond substituents is 1. The zero-order valence-corrected chi connectivity index (χ0v) is 12.7. The first kappa shape index (κ1) is 16.3. The van der Waals surface area contributed by atoms with Crippen molar-refractivity contribution in [3.63, 3.8) is 0 Å². The van der Waals surface area contributed by atoms with Gasteiger partial charge in [0.25, 0.3) is 0 Å². The van der Waals surface area contributed by atoms with Crippen molar-refractivity contribution in [1.29, 1.82) is 0 Å². The highest BCUT2D eigenvalue weighted by Gasteiger charge is 2.35. The molecule has 2 amide bonds. The highest BCUT2D eigenvalue weighted by Crippen LogP contribution is 2.35. The van der Waals surface area contributed by atoms with Crippen molar-refractivity contribution in [3.05, 3.63) is 45.1 Å². The molecule has 0 aliphatic carbocycles. The number of nitro benzene ring substituents is 1. The van der Waals surface area contributed by atoms with Gasteiger partial charge < -0.3 is 20.1 Å². The van der Waals surface area contributed by atoms with Gasteiger partial charge >= 0.3 is 17.7 Å². The first-order valence-electron chi connectivity index (χ1n) is 6.58. The third kappa shape index (κ3) is 2.80. The third-order valence-electron chi connectivity index (χ3n) is 3.69. The van der Waals surface area contributed by atoms with Crippen molar-refractivity contribution < 1.29 is 24.4 Å². The number of rotatable bonds is 3. The molecule has 1 atom stereocenters. The maximum absolute atomic E-state index is 12.1. The van der Waals surface area contributed by atoms with E-state index in [1.165, 1.54) is 25.1 Å². The number of hydrogen-bond acceptors (Lipinski definition) is 6. The van der Waals surface area contributed by atoms with Crippen LogP contribution in [0.25, 0.3) is 0 Å². The first-order chi connectivity index (χ1) is 10.8. The van der Waals surface area contributed by atoms with E-state index in [-0.39, 0.29) is 11.1 Å². The summed E-state index contributed by atoms with van der Waals surface area (Å²) >= 11 is 0. The number of carbonyl (C=O) groups is 2. The van der Waals surface area contributed by atoms with Crippen LogP contribution in [0.15, 0.2) is 29.5 Å². The lowest BCUT2D eigenvalue weighted by molar-refractivity contribution is -0.385. The molecule has 0 radical (unpaired) electrons. The summed E-state index contributed by atoms with van der Waals surface area (Å²) in [6.45, 7) is 1.58. The van der Waals surface area contributed by atoms with Crippen LogP contribution in [0.2, 0.25) is 0 Å². The molecule has 1 heterocycles. The predicted molar refractivity (Wildman–Crippen MR) is 78.5 cm³/mol. The summed E-state index contributed by atoms with van der Waals surface area (Å²) in [7, 11) is 2.69. The van der Waals surface area contributed by atoms with Gasteiger partial charge in [-0.15, -0.1) is 0 Å². The number of benzene rings is 1. The number of esters is 1. The quantitative estimate of drug-likeness (QED) is 0.493. The number of nitro groups is 1. The molecule has 0 aromatic heterocycles. The standard InChI is InChI=1S/C14H15N3O6/c1-7-11(13(19)23-3)12(15-14(20)16(7)2)8-4-5-10(18)9(6-8)17(21)22/h4-6,12,18H,1-3H3,(H,15,20). The first-order valence-corrected chi connectivity index (χ1v) is 6.58. The number of allylic oxidation sites excluding steroid dienone is 1. The van der Waals surface area contributed by atoms with Crippen LogP contribution < -0.4 is 5.32 Å². The van der Waals surface area contributed by atoms with Crippen molar-refractivity contribution in [3.8, 4) is 5.75 Å². The largest absolute Gasteiger partial charge is 0.502 e. The van der Waals surface area contributed by atoms with E-state index < -0.39 is 34.4 Å². The molecule has 2 rings (SSSR count). The van der Waals surface area contributed by atoms with Crippen LogP contribution >= 0.6 is 0 Å². The Morgan fingerprint density at radius 3 is 2.70 bits per heavy atom. The number of carbonyl (C=O) groups excluding carboxylic acids is 2. The average molecular weight is 321 g/mol. The van der Waals surface area contributed by atoms with Crippen LogP contribution in [-0.2, 0) is 9.53 Å². The van der Waals surface area contributed by atoms with E-state index in [4.69, 9.17) is 4.74 Å². The van der Waals surface area contributed by atoms with Gasteiger partial charge in [0.2, 0.25) is 0 Å². The maximum Gasteiger partial charge on any atom is 0.337 e. The Morgan fingerprint density at radius 1 is 1.48 bits per heavy atom. The summed E-state index contributed by atoms with van der Waals surface area (Å²) in [5.41, 5.74) is 0.309. The second kappa shape index (κ2) is 5.95. The zero-order valence-electron chi connectivity index (χ0n) is 12.7. The van der Waals surface area contributed by atoms with Gasteiger partial charge in [-0.1, -0.05) is 6.07 Å². The molecule has 1 aromatic rings. The van der Waals surface area contributed by atoms with Gasteiger partial charge in [0.05, 0.1) is 23.6 Å². The second-order valence-corrected chi connectivity index (χ2v) is 4.94. The van der Waals surface area contributed by atoms with Crippen LogP contribution in [0, 0.1) is 10.1 Å². The van der Waals surface area contributed by atoms with Gasteiger partial charge in [-0.3, -0.25) is 10.1 Å². The number of nitrogens with zero attached hydrogens (tertiary/aromatic N) is 2. The van der Waals surface area contributed by atoms with Crippen molar-refractivity contribution in [1.82, 2.24) is 10.2 Å². The molecule has 122 valence electrons. The molecule has 9 heteroatoms. The second-order valence-electron chi connectivity index (χ2n) is 4.94. The van der Waals surface area contributed by atoms with Crippen LogP contribution in [0.3, 0.4) is 0 Å². The highest BCUT2D eigenvalue weighted by atomic mass is 16.6. The Morgan fingerprint density at radius 2 is 2.13 bits per heavy atom. The molecule has 0 saturated carbocycles. The molecule has 0 spiro atoms. The van der Waals surface area contributed by atoms with E-state index >= 15 is 0 Å².